The van der Waals surface area contributed by atoms with Gasteiger partial charge in [-0.3, -0.25) is 9.78 Å². The highest BCUT2D eigenvalue weighted by Crippen LogP contribution is 2.18. The first-order valence-corrected chi connectivity index (χ1v) is 6.80. The molecule has 0 N–H and O–H groups in total. The Morgan fingerprint density at radius 1 is 1.24 bits per heavy atom. The molecule has 0 aliphatic heterocycles. The van der Waals surface area contributed by atoms with E-state index in [0.717, 1.165) is 11.3 Å². The van der Waals surface area contributed by atoms with E-state index in [9.17, 15) is 4.79 Å². The smallest absolute Gasteiger partial charge is 0.315 e. The number of carbonyl (C=O) groups is 1. The van der Waals surface area contributed by atoms with Gasteiger partial charge in [-0.05, 0) is 30.7 Å². The lowest BCUT2D eigenvalue weighted by Gasteiger charge is -2.12. The molecule has 0 bridgehead atoms. The molecule has 1 aromatic heterocycles. The van der Waals surface area contributed by atoms with Crippen LogP contribution in [0.2, 0.25) is 0 Å². The van der Waals surface area contributed by atoms with Gasteiger partial charge in [0.15, 0.2) is 0 Å². The van der Waals surface area contributed by atoms with Gasteiger partial charge in [0, 0.05) is 12.4 Å². The molecule has 1 aromatic carbocycles. The van der Waals surface area contributed by atoms with E-state index >= 15 is 0 Å². The maximum absolute atomic E-state index is 12.0. The Hall–Kier alpha value is -2.56. The van der Waals surface area contributed by atoms with Crippen molar-refractivity contribution in [2.45, 2.75) is 12.8 Å². The second kappa shape index (κ2) is 7.89. The van der Waals surface area contributed by atoms with Crippen LogP contribution in [0, 0.1) is 0 Å². The van der Waals surface area contributed by atoms with E-state index in [2.05, 4.69) is 15.2 Å². The minimum Gasteiger partial charge on any atom is -0.465 e. The molecule has 0 aliphatic rings. The van der Waals surface area contributed by atoms with Gasteiger partial charge < -0.3 is 4.74 Å². The van der Waals surface area contributed by atoms with Crippen LogP contribution in [0.3, 0.4) is 0 Å². The fourth-order valence-corrected chi connectivity index (χ4v) is 1.84. The molecule has 0 fully saturated rings. The summed E-state index contributed by atoms with van der Waals surface area (Å²) in [5, 5.41) is 8.23. The van der Waals surface area contributed by atoms with Gasteiger partial charge in [-0.15, -0.1) is 0 Å². The molecular formula is C16H17N3O2. The lowest BCUT2D eigenvalue weighted by atomic mass is 10.0. The van der Waals surface area contributed by atoms with Gasteiger partial charge in [0.2, 0.25) is 0 Å². The number of azo groups is 1. The Kier molecular flexibility index (Phi) is 5.58. The monoisotopic (exact) mass is 283 g/mol. The Labute approximate surface area is 123 Å². The number of rotatable bonds is 6. The summed E-state index contributed by atoms with van der Waals surface area (Å²) in [5.41, 5.74) is 1.54. The quantitative estimate of drug-likeness (QED) is 0.602. The molecule has 21 heavy (non-hydrogen) atoms. The van der Waals surface area contributed by atoms with E-state index in [4.69, 9.17) is 4.74 Å². The molecule has 1 unspecified atom stereocenters. The largest absolute Gasteiger partial charge is 0.465 e. The number of carbonyl (C=O) groups excluding carboxylic acids is 1. The number of hydrogen-bond donors (Lipinski definition) is 0. The van der Waals surface area contributed by atoms with Gasteiger partial charge >= 0.3 is 5.97 Å². The molecule has 5 heteroatoms. The Morgan fingerprint density at radius 2 is 2.05 bits per heavy atom. The SMILES string of the molecule is CCOC(=O)C(CN=Nc1ccccc1)c1cccnc1. The summed E-state index contributed by atoms with van der Waals surface area (Å²) in [7, 11) is 0. The van der Waals surface area contributed by atoms with Gasteiger partial charge in [-0.2, -0.15) is 10.2 Å². The van der Waals surface area contributed by atoms with Crippen molar-refractivity contribution >= 4 is 11.7 Å². The Morgan fingerprint density at radius 3 is 2.71 bits per heavy atom. The molecule has 5 nitrogen and oxygen atoms in total. The molecule has 108 valence electrons. The van der Waals surface area contributed by atoms with Crippen LogP contribution in [0.15, 0.2) is 65.1 Å². The maximum atomic E-state index is 12.0. The third-order valence-corrected chi connectivity index (χ3v) is 2.86. The second-order valence-electron chi connectivity index (χ2n) is 4.35. The molecular weight excluding hydrogens is 266 g/mol. The summed E-state index contributed by atoms with van der Waals surface area (Å²) < 4.78 is 5.09. The summed E-state index contributed by atoms with van der Waals surface area (Å²) >= 11 is 0. The number of nitrogens with zero attached hydrogens (tertiary/aromatic N) is 3. The lowest BCUT2D eigenvalue weighted by molar-refractivity contribution is -0.144. The van der Waals surface area contributed by atoms with Crippen LogP contribution < -0.4 is 0 Å². The summed E-state index contributed by atoms with van der Waals surface area (Å²) in [6.45, 7) is 2.36. The van der Waals surface area contributed by atoms with E-state index in [1.54, 1.807) is 25.4 Å². The van der Waals surface area contributed by atoms with Crippen molar-refractivity contribution in [3.05, 3.63) is 60.4 Å². The molecule has 0 radical (unpaired) electrons. The molecule has 0 spiro atoms. The fourth-order valence-electron chi connectivity index (χ4n) is 1.84. The van der Waals surface area contributed by atoms with Crippen molar-refractivity contribution in [3.8, 4) is 0 Å². The van der Waals surface area contributed by atoms with Crippen LogP contribution in [0.25, 0.3) is 0 Å². The Balaban J connectivity index is 2.09. The highest BCUT2D eigenvalue weighted by molar-refractivity contribution is 5.78. The number of pyridine rings is 1. The highest BCUT2D eigenvalue weighted by Gasteiger charge is 2.21. The number of esters is 1. The predicted molar refractivity (Wildman–Crippen MR) is 79.4 cm³/mol. The van der Waals surface area contributed by atoms with Crippen LogP contribution >= 0.6 is 0 Å². The van der Waals surface area contributed by atoms with Gasteiger partial charge in [0.05, 0.1) is 18.8 Å². The van der Waals surface area contributed by atoms with E-state index in [0.29, 0.717) is 6.61 Å². The number of aromatic nitrogens is 1. The lowest BCUT2D eigenvalue weighted by Crippen LogP contribution is -2.18. The molecule has 2 aromatic rings. The molecule has 1 heterocycles. The van der Waals surface area contributed by atoms with E-state index in [1.165, 1.54) is 0 Å². The summed E-state index contributed by atoms with van der Waals surface area (Å²) in [4.78, 5) is 16.1. The molecule has 0 saturated carbocycles. The predicted octanol–water partition coefficient (Wildman–Crippen LogP) is 3.51. The van der Waals surface area contributed by atoms with Crippen LogP contribution in [0.4, 0.5) is 5.69 Å². The zero-order valence-electron chi connectivity index (χ0n) is 11.8. The van der Waals surface area contributed by atoms with Gasteiger partial charge in [-0.1, -0.05) is 24.3 Å². The first kappa shape index (κ1) is 14.8. The van der Waals surface area contributed by atoms with Crippen molar-refractivity contribution in [1.82, 2.24) is 4.98 Å². The van der Waals surface area contributed by atoms with Gasteiger partial charge in [-0.25, -0.2) is 0 Å². The number of benzene rings is 1. The zero-order valence-corrected chi connectivity index (χ0v) is 11.8. The molecule has 1 atom stereocenters. The van der Waals surface area contributed by atoms with Crippen molar-refractivity contribution in [2.24, 2.45) is 10.2 Å². The van der Waals surface area contributed by atoms with Gasteiger partial charge in [0.1, 0.15) is 5.92 Å². The molecule has 0 saturated heterocycles. The standard InChI is InChI=1S/C16H17N3O2/c1-2-21-16(20)15(13-7-6-10-17-11-13)12-18-19-14-8-4-3-5-9-14/h3-11,15H,2,12H2,1H3. The van der Waals surface area contributed by atoms with Crippen LogP contribution in [0.5, 0.6) is 0 Å². The van der Waals surface area contributed by atoms with E-state index < -0.39 is 5.92 Å². The van der Waals surface area contributed by atoms with E-state index in [-0.39, 0.29) is 12.5 Å². The molecule has 0 aliphatic carbocycles. The van der Waals surface area contributed by atoms with Crippen LogP contribution in [-0.2, 0) is 9.53 Å². The van der Waals surface area contributed by atoms with Crippen LogP contribution in [0.1, 0.15) is 18.4 Å². The minimum atomic E-state index is -0.480. The number of ether oxygens (including phenoxy) is 1. The first-order chi connectivity index (χ1) is 10.3. The highest BCUT2D eigenvalue weighted by atomic mass is 16.5. The summed E-state index contributed by atoms with van der Waals surface area (Å²) in [6, 6.07) is 13.0. The van der Waals surface area contributed by atoms with Crippen LogP contribution in [-0.4, -0.2) is 24.1 Å². The number of hydrogen-bond acceptors (Lipinski definition) is 5. The first-order valence-electron chi connectivity index (χ1n) is 6.80. The van der Waals surface area contributed by atoms with Crippen molar-refractivity contribution in [2.75, 3.05) is 13.2 Å². The van der Waals surface area contributed by atoms with Gasteiger partial charge in [0.25, 0.3) is 0 Å². The fraction of sp³-hybridized carbons (Fsp3) is 0.250. The third-order valence-electron chi connectivity index (χ3n) is 2.86. The average Bonchev–Trinajstić information content (AvgIpc) is 2.53. The van der Waals surface area contributed by atoms with E-state index in [1.807, 2.05) is 36.4 Å². The van der Waals surface area contributed by atoms with Crippen molar-refractivity contribution in [3.63, 3.8) is 0 Å². The average molecular weight is 283 g/mol. The second-order valence-corrected chi connectivity index (χ2v) is 4.35. The third kappa shape index (κ3) is 4.49. The summed E-state index contributed by atoms with van der Waals surface area (Å²) in [5.74, 6) is -0.788. The zero-order chi connectivity index (χ0) is 14.9. The molecule has 2 rings (SSSR count). The molecule has 0 amide bonds. The maximum Gasteiger partial charge on any atom is 0.315 e. The summed E-state index contributed by atoms with van der Waals surface area (Å²) in [6.07, 6.45) is 3.32. The minimum absolute atomic E-state index is 0.236. The van der Waals surface area contributed by atoms with Crippen molar-refractivity contribution in [1.29, 1.82) is 0 Å². The van der Waals surface area contributed by atoms with Crippen molar-refractivity contribution < 1.29 is 9.53 Å². The Bertz CT molecular complexity index is 585. The topological polar surface area (TPSA) is 63.9 Å². The normalized spacial score (nSPS) is 12.2.